The quantitative estimate of drug-likeness (QED) is 0.787. The third kappa shape index (κ3) is 5.04. The lowest BCUT2D eigenvalue weighted by Crippen LogP contribution is -2.50. The van der Waals surface area contributed by atoms with Crippen LogP contribution in [-0.4, -0.2) is 70.1 Å². The molecule has 1 saturated heterocycles. The predicted molar refractivity (Wildman–Crippen MR) is 88.8 cm³/mol. The van der Waals surface area contributed by atoms with Gasteiger partial charge in [-0.05, 0) is 17.7 Å². The summed E-state index contributed by atoms with van der Waals surface area (Å²) in [5, 5.41) is 0. The van der Waals surface area contributed by atoms with Crippen LogP contribution in [-0.2, 0) is 20.9 Å². The Balaban J connectivity index is 1.82. The molecule has 2 rings (SSSR count). The molecule has 7 nitrogen and oxygen atoms in total. The number of nitrogens with zero attached hydrogens (tertiary/aromatic N) is 4. The van der Waals surface area contributed by atoms with Gasteiger partial charge in [-0.15, -0.1) is 0 Å². The Hall–Kier alpha value is -2.44. The van der Waals surface area contributed by atoms with Crippen molar-refractivity contribution < 1.29 is 14.4 Å². The average molecular weight is 332 g/mol. The minimum Gasteiger partial charge on any atom is -0.339 e. The molecule has 7 heteroatoms. The Bertz CT molecular complexity index is 583. The molecule has 24 heavy (non-hydrogen) atoms. The molecule has 0 unspecified atom stereocenters. The molecule has 1 fully saturated rings. The Labute approximate surface area is 142 Å². The van der Waals surface area contributed by atoms with Gasteiger partial charge < -0.3 is 14.7 Å². The fourth-order valence-corrected chi connectivity index (χ4v) is 2.72. The van der Waals surface area contributed by atoms with Crippen LogP contribution >= 0.6 is 0 Å². The summed E-state index contributed by atoms with van der Waals surface area (Å²) in [5.41, 5.74) is 0.989. The van der Waals surface area contributed by atoms with Crippen LogP contribution in [0.1, 0.15) is 25.8 Å². The number of amides is 3. The maximum absolute atomic E-state index is 12.3. The summed E-state index contributed by atoms with van der Waals surface area (Å²) < 4.78 is 0. The van der Waals surface area contributed by atoms with Crippen molar-refractivity contribution >= 4 is 17.7 Å². The standard InChI is InChI=1S/C17H24N4O3/c1-14(22)19-9-11-20(12-10-19)17(24)5-8-21(15(2)23)13-16-3-6-18-7-4-16/h3-4,6-7H,5,8-13H2,1-2H3. The highest BCUT2D eigenvalue weighted by molar-refractivity contribution is 5.79. The van der Waals surface area contributed by atoms with Crippen molar-refractivity contribution in [2.24, 2.45) is 0 Å². The summed E-state index contributed by atoms with van der Waals surface area (Å²) in [4.78, 5) is 44.6. The van der Waals surface area contributed by atoms with Gasteiger partial charge in [-0.1, -0.05) is 0 Å². The first kappa shape index (κ1) is 17.9. The van der Waals surface area contributed by atoms with E-state index in [0.29, 0.717) is 45.7 Å². The van der Waals surface area contributed by atoms with Gasteiger partial charge >= 0.3 is 0 Å². The van der Waals surface area contributed by atoms with Gasteiger partial charge in [-0.2, -0.15) is 0 Å². The summed E-state index contributed by atoms with van der Waals surface area (Å²) in [5.74, 6) is 0.0161. The van der Waals surface area contributed by atoms with Gasteiger partial charge in [-0.3, -0.25) is 19.4 Å². The van der Waals surface area contributed by atoms with Crippen molar-refractivity contribution in [2.75, 3.05) is 32.7 Å². The molecule has 0 bridgehead atoms. The Morgan fingerprint density at radius 2 is 1.62 bits per heavy atom. The Kier molecular flexibility index (Phi) is 6.28. The van der Waals surface area contributed by atoms with Crippen LogP contribution in [0.25, 0.3) is 0 Å². The largest absolute Gasteiger partial charge is 0.339 e. The lowest BCUT2D eigenvalue weighted by molar-refractivity contribution is -0.139. The zero-order valence-electron chi connectivity index (χ0n) is 14.3. The van der Waals surface area contributed by atoms with Crippen LogP contribution in [0.2, 0.25) is 0 Å². The lowest BCUT2D eigenvalue weighted by atomic mass is 10.2. The number of rotatable bonds is 5. The summed E-state index contributed by atoms with van der Waals surface area (Å²) in [6.45, 7) is 6.19. The molecule has 0 saturated carbocycles. The zero-order chi connectivity index (χ0) is 17.5. The fraction of sp³-hybridized carbons (Fsp3) is 0.529. The highest BCUT2D eigenvalue weighted by Gasteiger charge is 2.22. The predicted octanol–water partition coefficient (Wildman–Crippen LogP) is 0.511. The summed E-state index contributed by atoms with van der Waals surface area (Å²) >= 11 is 0. The minimum atomic E-state index is -0.0546. The molecule has 0 radical (unpaired) electrons. The highest BCUT2D eigenvalue weighted by atomic mass is 16.2. The van der Waals surface area contributed by atoms with Gasteiger partial charge in [0.2, 0.25) is 17.7 Å². The molecular formula is C17H24N4O3. The molecule has 3 amide bonds. The second kappa shape index (κ2) is 8.42. The normalized spacial score (nSPS) is 14.4. The van der Waals surface area contributed by atoms with E-state index in [1.807, 2.05) is 12.1 Å². The van der Waals surface area contributed by atoms with E-state index in [1.54, 1.807) is 34.0 Å². The van der Waals surface area contributed by atoms with Crippen molar-refractivity contribution in [3.05, 3.63) is 30.1 Å². The van der Waals surface area contributed by atoms with Crippen molar-refractivity contribution in [3.63, 3.8) is 0 Å². The van der Waals surface area contributed by atoms with Crippen LogP contribution in [0, 0.1) is 0 Å². The SMILES string of the molecule is CC(=O)N1CCN(C(=O)CCN(Cc2ccncc2)C(C)=O)CC1. The van der Waals surface area contributed by atoms with Crippen molar-refractivity contribution in [1.29, 1.82) is 0 Å². The van der Waals surface area contributed by atoms with Crippen molar-refractivity contribution in [3.8, 4) is 0 Å². The maximum atomic E-state index is 12.3. The third-order valence-corrected chi connectivity index (χ3v) is 4.24. The molecule has 130 valence electrons. The van der Waals surface area contributed by atoms with Crippen LogP contribution < -0.4 is 0 Å². The van der Waals surface area contributed by atoms with E-state index in [2.05, 4.69) is 4.98 Å². The van der Waals surface area contributed by atoms with E-state index >= 15 is 0 Å². The number of hydrogen-bond donors (Lipinski definition) is 0. The molecule has 0 N–H and O–H groups in total. The molecule has 0 atom stereocenters. The molecule has 0 aromatic carbocycles. The van der Waals surface area contributed by atoms with Gasteiger partial charge in [-0.25, -0.2) is 0 Å². The van der Waals surface area contributed by atoms with E-state index in [0.717, 1.165) is 5.56 Å². The smallest absolute Gasteiger partial charge is 0.224 e. The van der Waals surface area contributed by atoms with Crippen molar-refractivity contribution in [2.45, 2.75) is 26.8 Å². The van der Waals surface area contributed by atoms with Gasteiger partial charge in [0.1, 0.15) is 0 Å². The average Bonchev–Trinajstić information content (AvgIpc) is 2.59. The summed E-state index contributed by atoms with van der Waals surface area (Å²) in [6.07, 6.45) is 3.67. The maximum Gasteiger partial charge on any atom is 0.224 e. The zero-order valence-corrected chi connectivity index (χ0v) is 14.3. The van der Waals surface area contributed by atoms with Gasteiger partial charge in [0, 0.05) is 71.9 Å². The first-order valence-electron chi connectivity index (χ1n) is 8.15. The number of piperazine rings is 1. The van der Waals surface area contributed by atoms with E-state index in [9.17, 15) is 14.4 Å². The topological polar surface area (TPSA) is 73.8 Å². The van der Waals surface area contributed by atoms with Crippen LogP contribution in [0.4, 0.5) is 0 Å². The summed E-state index contributed by atoms with van der Waals surface area (Å²) in [7, 11) is 0. The fourth-order valence-electron chi connectivity index (χ4n) is 2.72. The Morgan fingerprint density at radius 3 is 2.17 bits per heavy atom. The second-order valence-corrected chi connectivity index (χ2v) is 5.93. The first-order valence-corrected chi connectivity index (χ1v) is 8.15. The van der Waals surface area contributed by atoms with Crippen molar-refractivity contribution in [1.82, 2.24) is 19.7 Å². The summed E-state index contributed by atoms with van der Waals surface area (Å²) in [6, 6.07) is 3.72. The molecular weight excluding hydrogens is 308 g/mol. The van der Waals surface area contributed by atoms with Crippen LogP contribution in [0.15, 0.2) is 24.5 Å². The van der Waals surface area contributed by atoms with Gasteiger partial charge in [0.15, 0.2) is 0 Å². The molecule has 1 aliphatic rings. The molecule has 0 spiro atoms. The third-order valence-electron chi connectivity index (χ3n) is 4.24. The second-order valence-electron chi connectivity index (χ2n) is 5.93. The monoisotopic (exact) mass is 332 g/mol. The van der Waals surface area contributed by atoms with E-state index in [4.69, 9.17) is 0 Å². The minimum absolute atomic E-state index is 0.0270. The number of carbonyl (C=O) groups is 3. The Morgan fingerprint density at radius 1 is 1.04 bits per heavy atom. The lowest BCUT2D eigenvalue weighted by Gasteiger charge is -2.34. The van der Waals surface area contributed by atoms with E-state index in [-0.39, 0.29) is 17.7 Å². The molecule has 1 aliphatic heterocycles. The number of carbonyl (C=O) groups excluding carboxylic acids is 3. The van der Waals surface area contributed by atoms with Crippen LogP contribution in [0.3, 0.4) is 0 Å². The van der Waals surface area contributed by atoms with Crippen LogP contribution in [0.5, 0.6) is 0 Å². The van der Waals surface area contributed by atoms with E-state index in [1.165, 1.54) is 6.92 Å². The van der Waals surface area contributed by atoms with Gasteiger partial charge in [0.05, 0.1) is 0 Å². The molecule has 1 aromatic rings. The molecule has 1 aromatic heterocycles. The first-order chi connectivity index (χ1) is 11.5. The molecule has 2 heterocycles. The number of aromatic nitrogens is 1. The molecule has 0 aliphatic carbocycles. The number of hydrogen-bond acceptors (Lipinski definition) is 4. The number of pyridine rings is 1. The van der Waals surface area contributed by atoms with Gasteiger partial charge in [0.25, 0.3) is 0 Å². The van der Waals surface area contributed by atoms with E-state index < -0.39 is 0 Å². The highest BCUT2D eigenvalue weighted by Crippen LogP contribution is 2.08.